The summed E-state index contributed by atoms with van der Waals surface area (Å²) in [5, 5.41) is 2.55. The summed E-state index contributed by atoms with van der Waals surface area (Å²) in [6.07, 6.45) is 11.3. The van der Waals surface area contributed by atoms with Gasteiger partial charge in [-0.2, -0.15) is 4.57 Å². The van der Waals surface area contributed by atoms with Crippen LogP contribution in [0.2, 0.25) is 0 Å². The van der Waals surface area contributed by atoms with Crippen LogP contribution in [-0.2, 0) is 32.3 Å². The van der Waals surface area contributed by atoms with E-state index in [2.05, 4.69) is 118 Å². The van der Waals surface area contributed by atoms with Crippen LogP contribution < -0.4 is 4.57 Å². The molecule has 254 valence electrons. The Hall–Kier alpha value is -4.70. The molecule has 0 radical (unpaired) electrons. The molecule has 4 heteroatoms. The maximum absolute atomic E-state index is 16.3. The van der Waals surface area contributed by atoms with Gasteiger partial charge in [0.2, 0.25) is 11.2 Å². The van der Waals surface area contributed by atoms with Crippen LogP contribution in [0.4, 0.5) is 4.39 Å². The number of pyridine rings is 1. The quantitative estimate of drug-likeness (QED) is 0.104. The summed E-state index contributed by atoms with van der Waals surface area (Å²) in [6, 6.07) is 31.3. The standard InChI is InChI=1S/C46H47FNO2/c1-7-10-17-30-22-23-34-40-33(30)26-27-48-43(40)41-35(24-25-36(47)42(41)44(34,4)5)45(8-2)29-39(46(45,48)9-3)50-38(32-20-15-12-16-21-32)28-37(49-6)31-18-13-11-14-19-31/h11-16,18-29,38H,7-10,17H2,1-6H3/q+1. The summed E-state index contributed by atoms with van der Waals surface area (Å²) in [6.45, 7) is 11.2. The van der Waals surface area contributed by atoms with Crippen molar-refractivity contribution in [2.75, 3.05) is 7.11 Å². The molecular formula is C46H47FNO2+. The Bertz CT molecular complexity index is 2180. The molecule has 0 amide bonds. The Balaban J connectivity index is 1.39. The number of benzene rings is 4. The smallest absolute Gasteiger partial charge is 0.237 e. The number of hydrogen-bond acceptors (Lipinski definition) is 2. The van der Waals surface area contributed by atoms with Crippen LogP contribution in [0.15, 0.2) is 115 Å². The number of aryl methyl sites for hydroxylation is 1. The summed E-state index contributed by atoms with van der Waals surface area (Å²) in [5.41, 5.74) is 7.47. The summed E-state index contributed by atoms with van der Waals surface area (Å²) in [5.74, 6) is 1.58. The highest BCUT2D eigenvalue weighted by molar-refractivity contribution is 6.03. The van der Waals surface area contributed by atoms with E-state index < -0.39 is 17.1 Å². The van der Waals surface area contributed by atoms with Crippen LogP contribution >= 0.6 is 0 Å². The number of allylic oxidation sites excluding steroid dienone is 2. The van der Waals surface area contributed by atoms with E-state index in [0.29, 0.717) is 0 Å². The van der Waals surface area contributed by atoms with Crippen LogP contribution in [0.25, 0.3) is 27.8 Å². The molecule has 2 heterocycles. The Morgan fingerprint density at radius 3 is 2.26 bits per heavy atom. The number of ether oxygens (including phenoxy) is 2. The van der Waals surface area contributed by atoms with Gasteiger partial charge in [-0.05, 0) is 59.0 Å². The Kier molecular flexibility index (Phi) is 7.78. The van der Waals surface area contributed by atoms with E-state index in [4.69, 9.17) is 9.47 Å². The van der Waals surface area contributed by atoms with Crippen molar-refractivity contribution in [2.45, 2.75) is 89.2 Å². The van der Waals surface area contributed by atoms with E-state index in [0.717, 1.165) is 71.6 Å². The van der Waals surface area contributed by atoms with Crippen molar-refractivity contribution >= 4 is 16.5 Å². The van der Waals surface area contributed by atoms with E-state index in [1.165, 1.54) is 27.5 Å². The average molecular weight is 665 g/mol. The lowest BCUT2D eigenvalue weighted by Crippen LogP contribution is -2.75. The van der Waals surface area contributed by atoms with Gasteiger partial charge >= 0.3 is 0 Å². The van der Waals surface area contributed by atoms with Crippen LogP contribution in [0.3, 0.4) is 0 Å². The molecule has 50 heavy (non-hydrogen) atoms. The van der Waals surface area contributed by atoms with Gasteiger partial charge in [0.05, 0.1) is 23.5 Å². The molecule has 3 unspecified atom stereocenters. The molecule has 0 saturated carbocycles. The fourth-order valence-corrected chi connectivity index (χ4v) is 9.68. The molecule has 0 saturated heterocycles. The fraction of sp³-hybridized carbons (Fsp3) is 0.326. The molecule has 1 aromatic heterocycles. The maximum Gasteiger partial charge on any atom is 0.237 e. The topological polar surface area (TPSA) is 22.3 Å². The fourth-order valence-electron chi connectivity index (χ4n) is 9.68. The molecule has 4 aromatic carbocycles. The predicted octanol–water partition coefficient (Wildman–Crippen LogP) is 11.0. The van der Waals surface area contributed by atoms with Crippen molar-refractivity contribution in [1.82, 2.24) is 0 Å². The molecule has 3 aliphatic rings. The first-order valence-corrected chi connectivity index (χ1v) is 18.4. The van der Waals surface area contributed by atoms with Gasteiger partial charge in [-0.25, -0.2) is 4.39 Å². The average Bonchev–Trinajstić information content (AvgIpc) is 3.13. The number of halogens is 1. The zero-order valence-electron chi connectivity index (χ0n) is 30.1. The highest BCUT2D eigenvalue weighted by atomic mass is 19.1. The number of aromatic nitrogens is 1. The van der Waals surface area contributed by atoms with Crippen LogP contribution in [-0.4, -0.2) is 7.11 Å². The van der Waals surface area contributed by atoms with Gasteiger partial charge in [0.25, 0.3) is 0 Å². The zero-order chi connectivity index (χ0) is 34.8. The second-order valence-electron chi connectivity index (χ2n) is 14.8. The van der Waals surface area contributed by atoms with E-state index in [-0.39, 0.29) is 11.2 Å². The third-order valence-corrected chi connectivity index (χ3v) is 12.1. The zero-order valence-corrected chi connectivity index (χ0v) is 30.1. The van der Waals surface area contributed by atoms with Crippen molar-refractivity contribution < 1.29 is 18.4 Å². The second kappa shape index (κ2) is 12.0. The van der Waals surface area contributed by atoms with Gasteiger partial charge < -0.3 is 9.47 Å². The van der Waals surface area contributed by atoms with Gasteiger partial charge in [-0.15, -0.1) is 0 Å². The van der Waals surface area contributed by atoms with Crippen molar-refractivity contribution in [1.29, 1.82) is 0 Å². The maximum atomic E-state index is 16.3. The van der Waals surface area contributed by atoms with Crippen molar-refractivity contribution in [2.24, 2.45) is 0 Å². The third kappa shape index (κ3) is 4.30. The first-order valence-electron chi connectivity index (χ1n) is 18.4. The molecule has 0 spiro atoms. The van der Waals surface area contributed by atoms with Gasteiger partial charge in [-0.3, -0.25) is 0 Å². The number of nitrogens with zero attached hydrogens (tertiary/aromatic N) is 1. The minimum atomic E-state index is -0.508. The lowest BCUT2D eigenvalue weighted by Gasteiger charge is -2.56. The second-order valence-corrected chi connectivity index (χ2v) is 14.8. The van der Waals surface area contributed by atoms with Crippen molar-refractivity contribution in [3.8, 4) is 11.3 Å². The first-order chi connectivity index (χ1) is 24.3. The minimum absolute atomic E-state index is 0.129. The minimum Gasteiger partial charge on any atom is -0.496 e. The number of fused-ring (bicyclic) bond motifs is 3. The molecule has 5 aromatic rings. The Morgan fingerprint density at radius 1 is 0.860 bits per heavy atom. The third-order valence-electron chi connectivity index (χ3n) is 12.1. The van der Waals surface area contributed by atoms with Crippen molar-refractivity contribution in [3.63, 3.8) is 0 Å². The van der Waals surface area contributed by atoms with Crippen LogP contribution in [0.1, 0.15) is 99.8 Å². The van der Waals surface area contributed by atoms with E-state index in [1.807, 2.05) is 24.3 Å². The lowest BCUT2D eigenvalue weighted by molar-refractivity contribution is -0.765. The molecule has 8 rings (SSSR count). The summed E-state index contributed by atoms with van der Waals surface area (Å²) < 4.78 is 32.1. The molecule has 2 aliphatic carbocycles. The van der Waals surface area contributed by atoms with Crippen LogP contribution in [0, 0.1) is 5.82 Å². The first kappa shape index (κ1) is 32.5. The predicted molar refractivity (Wildman–Crippen MR) is 200 cm³/mol. The highest BCUT2D eigenvalue weighted by Gasteiger charge is 2.72. The molecule has 0 N–H and O–H groups in total. The molecule has 1 aliphatic heterocycles. The highest BCUT2D eigenvalue weighted by Crippen LogP contribution is 2.65. The van der Waals surface area contributed by atoms with Crippen molar-refractivity contribution in [3.05, 3.63) is 154 Å². The van der Waals surface area contributed by atoms with E-state index in [9.17, 15) is 0 Å². The number of hydrogen-bond donors (Lipinski definition) is 0. The summed E-state index contributed by atoms with van der Waals surface area (Å²) >= 11 is 0. The van der Waals surface area contributed by atoms with E-state index in [1.54, 1.807) is 13.2 Å². The lowest BCUT2D eigenvalue weighted by atomic mass is 9.49. The number of unbranched alkanes of at least 4 members (excludes halogenated alkanes) is 1. The Morgan fingerprint density at radius 2 is 1.58 bits per heavy atom. The van der Waals surface area contributed by atoms with E-state index >= 15 is 4.39 Å². The molecule has 3 nitrogen and oxygen atoms in total. The molecule has 0 fully saturated rings. The summed E-state index contributed by atoms with van der Waals surface area (Å²) in [4.78, 5) is 0. The molecule has 3 atom stereocenters. The van der Waals surface area contributed by atoms with Gasteiger partial charge in [-0.1, -0.05) is 120 Å². The number of methoxy groups -OCH3 is 1. The largest absolute Gasteiger partial charge is 0.496 e. The molecular weight excluding hydrogens is 618 g/mol. The van der Waals surface area contributed by atoms with Crippen LogP contribution in [0.5, 0.6) is 0 Å². The monoisotopic (exact) mass is 664 g/mol. The van der Waals surface area contributed by atoms with Gasteiger partial charge in [0.1, 0.15) is 17.7 Å². The van der Waals surface area contributed by atoms with Gasteiger partial charge in [0.15, 0.2) is 12.0 Å². The molecule has 0 bridgehead atoms. The number of rotatable bonds is 11. The SMILES string of the molecule is CCCCc1ccc2c3c4[n+](ccc13)C1(CC)C(OC(C=C(OC)c3ccccc3)c3ccccc3)=CC1(CC)c1ccc(F)c(c1-4)C2(C)C. The normalized spacial score (nSPS) is 21.6. The summed E-state index contributed by atoms with van der Waals surface area (Å²) in [7, 11) is 1.72. The Labute approximate surface area is 296 Å². The van der Waals surface area contributed by atoms with Gasteiger partial charge in [0, 0.05) is 35.1 Å².